The monoisotopic (exact) mass is 1190 g/mol. The maximum atomic E-state index is 13.0. The largest absolute Gasteiger partial charge is 0.756 e. The number of carbonyl (C=O) groups excluding carboxylic acids is 1. The molecule has 0 rings (SSSR count). The molecule has 0 aromatic rings. The number of hydrogen-bond donors (Lipinski definition) is 2. The molecule has 0 fully saturated rings. The summed E-state index contributed by atoms with van der Waals surface area (Å²) in [7, 11) is 1.26. The van der Waals surface area contributed by atoms with Crippen LogP contribution in [0.3, 0.4) is 0 Å². The normalized spacial score (nSPS) is 13.8. The van der Waals surface area contributed by atoms with E-state index in [2.05, 4.69) is 43.5 Å². The van der Waals surface area contributed by atoms with Crippen molar-refractivity contribution in [1.82, 2.24) is 5.32 Å². The Morgan fingerprint density at radius 1 is 0.410 bits per heavy atom. The van der Waals surface area contributed by atoms with Crippen molar-refractivity contribution < 1.29 is 32.9 Å². The van der Waals surface area contributed by atoms with E-state index in [0.29, 0.717) is 17.4 Å². The highest BCUT2D eigenvalue weighted by molar-refractivity contribution is 7.45. The maximum Gasteiger partial charge on any atom is 0.268 e. The number of aliphatic hydroxyl groups is 1. The summed E-state index contributed by atoms with van der Waals surface area (Å²) in [5, 5.41) is 13.9. The van der Waals surface area contributed by atoms with Crippen LogP contribution in [0.1, 0.15) is 380 Å². The number of quaternary nitrogens is 1. The first-order valence-electron chi connectivity index (χ1n) is 36.9. The highest BCUT2D eigenvalue weighted by Gasteiger charge is 2.23. The zero-order valence-corrected chi connectivity index (χ0v) is 57.3. The predicted molar refractivity (Wildman–Crippen MR) is 362 cm³/mol. The van der Waals surface area contributed by atoms with Crippen LogP contribution >= 0.6 is 7.82 Å². The molecule has 3 unspecified atom stereocenters. The van der Waals surface area contributed by atoms with Gasteiger partial charge in [-0.15, -0.1) is 0 Å². The van der Waals surface area contributed by atoms with Crippen molar-refractivity contribution in [2.75, 3.05) is 40.9 Å². The lowest BCUT2D eigenvalue weighted by molar-refractivity contribution is -0.870. The van der Waals surface area contributed by atoms with Gasteiger partial charge in [-0.3, -0.25) is 9.36 Å². The number of carbonyl (C=O) groups is 1. The Kier molecular flexibility index (Phi) is 64.2. The molecule has 0 aromatic carbocycles. The van der Waals surface area contributed by atoms with Gasteiger partial charge in [0.05, 0.1) is 39.9 Å². The van der Waals surface area contributed by atoms with Gasteiger partial charge in [-0.1, -0.05) is 352 Å². The Hall–Kier alpha value is -1.28. The number of unbranched alkanes of at least 4 members (excludes halogenated alkanes) is 52. The molecule has 0 bridgehead atoms. The third-order valence-corrected chi connectivity index (χ3v) is 18.0. The maximum absolute atomic E-state index is 13.0. The van der Waals surface area contributed by atoms with Crippen molar-refractivity contribution in [3.05, 3.63) is 36.5 Å². The van der Waals surface area contributed by atoms with Gasteiger partial charge in [0.1, 0.15) is 13.2 Å². The van der Waals surface area contributed by atoms with E-state index in [1.165, 1.54) is 321 Å². The smallest absolute Gasteiger partial charge is 0.268 e. The first-order valence-corrected chi connectivity index (χ1v) is 38.3. The average molecular weight is 1190 g/mol. The number of phosphoric acid groups is 1. The number of amides is 1. The van der Waals surface area contributed by atoms with Gasteiger partial charge in [-0.25, -0.2) is 0 Å². The third kappa shape index (κ3) is 68.1. The lowest BCUT2D eigenvalue weighted by Crippen LogP contribution is -2.45. The SMILES string of the molecule is CCCCCCCCCC/C=C\CCCCCCCCCCCCCCCCCCCCCCCCCCCCCCCC(=O)NC(COP(=O)([O-])OCC[N+](C)(C)C)C(O)/C=C/CC/C=C/CCCCCCCCCCCCCCCC. The summed E-state index contributed by atoms with van der Waals surface area (Å²) in [6.45, 7) is 4.68. The minimum absolute atomic E-state index is 0.00410. The molecule has 1 amide bonds. The number of nitrogens with zero attached hydrogens (tertiary/aromatic N) is 1. The molecule has 0 aliphatic carbocycles. The van der Waals surface area contributed by atoms with Crippen LogP contribution in [0.25, 0.3) is 0 Å². The molecule has 0 heterocycles. The van der Waals surface area contributed by atoms with Crippen LogP contribution in [0.15, 0.2) is 36.5 Å². The molecule has 8 nitrogen and oxygen atoms in total. The molecule has 3 atom stereocenters. The second-order valence-corrected chi connectivity index (χ2v) is 28.1. The van der Waals surface area contributed by atoms with E-state index in [0.717, 1.165) is 38.5 Å². The summed E-state index contributed by atoms with van der Waals surface area (Å²) in [6, 6.07) is -0.902. The Morgan fingerprint density at radius 2 is 0.675 bits per heavy atom. The first-order chi connectivity index (χ1) is 40.5. The van der Waals surface area contributed by atoms with E-state index < -0.39 is 20.0 Å². The zero-order valence-electron chi connectivity index (χ0n) is 56.4. The van der Waals surface area contributed by atoms with E-state index in [1.807, 2.05) is 27.2 Å². The minimum atomic E-state index is -4.61. The highest BCUT2D eigenvalue weighted by atomic mass is 31.2. The fourth-order valence-corrected chi connectivity index (χ4v) is 12.1. The first kappa shape index (κ1) is 81.7. The molecule has 9 heteroatoms. The van der Waals surface area contributed by atoms with Gasteiger partial charge in [0.25, 0.3) is 7.82 Å². The molecule has 0 radical (unpaired) electrons. The molecule has 0 spiro atoms. The van der Waals surface area contributed by atoms with Crippen molar-refractivity contribution in [3.8, 4) is 0 Å². The molecule has 492 valence electrons. The third-order valence-electron chi connectivity index (χ3n) is 17.1. The van der Waals surface area contributed by atoms with Gasteiger partial charge in [0, 0.05) is 6.42 Å². The Morgan fingerprint density at radius 3 is 0.976 bits per heavy atom. The van der Waals surface area contributed by atoms with Crippen LogP contribution in [0, 0.1) is 0 Å². The van der Waals surface area contributed by atoms with Crippen molar-refractivity contribution in [2.45, 2.75) is 392 Å². The average Bonchev–Trinajstić information content (AvgIpc) is 3.49. The van der Waals surface area contributed by atoms with Gasteiger partial charge < -0.3 is 28.8 Å². The van der Waals surface area contributed by atoms with Crippen molar-refractivity contribution in [2.24, 2.45) is 0 Å². The number of hydrogen-bond acceptors (Lipinski definition) is 6. The topological polar surface area (TPSA) is 108 Å². The predicted octanol–water partition coefficient (Wildman–Crippen LogP) is 23.0. The van der Waals surface area contributed by atoms with Crippen LogP contribution in [0.4, 0.5) is 0 Å². The van der Waals surface area contributed by atoms with E-state index in [1.54, 1.807) is 6.08 Å². The second kappa shape index (κ2) is 65.2. The molecule has 2 N–H and O–H groups in total. The number of aliphatic hydroxyl groups excluding tert-OH is 1. The summed E-state index contributed by atoms with van der Waals surface area (Å²) in [5.41, 5.74) is 0. The molecule has 0 aliphatic heterocycles. The molecular weight excluding hydrogens is 1040 g/mol. The minimum Gasteiger partial charge on any atom is -0.756 e. The number of allylic oxidation sites excluding steroid dienone is 5. The summed E-state index contributed by atoms with van der Waals surface area (Å²) in [4.78, 5) is 25.6. The molecule has 0 aromatic heterocycles. The summed E-state index contributed by atoms with van der Waals surface area (Å²) < 4.78 is 23.4. The molecule has 0 saturated carbocycles. The second-order valence-electron chi connectivity index (χ2n) is 26.6. The van der Waals surface area contributed by atoms with Crippen LogP contribution in [-0.4, -0.2) is 68.5 Å². The Bertz CT molecular complexity index is 1450. The van der Waals surface area contributed by atoms with Crippen LogP contribution < -0.4 is 10.2 Å². The number of likely N-dealkylation sites (N-methyl/N-ethyl adjacent to an activating group) is 1. The molecule has 0 aliphatic rings. The van der Waals surface area contributed by atoms with E-state index in [4.69, 9.17) is 9.05 Å². The van der Waals surface area contributed by atoms with Crippen molar-refractivity contribution in [3.63, 3.8) is 0 Å². The standard InChI is InChI=1S/C74H145N2O6P/c1-6-8-10-12-14-16-18-20-22-24-26-28-29-30-31-32-33-34-35-36-37-38-39-40-41-42-43-44-45-46-47-48-50-52-54-56-58-60-62-64-66-68-74(78)75-72(71-82-83(79,80)81-70-69-76(3,4)5)73(77)67-65-63-61-59-57-55-53-51-49-27-25-23-21-19-17-15-13-11-9-7-2/h24,26,57,59,65,67,72-73,77H,6-23,25,27-56,58,60-64,66,68-71H2,1-5H3,(H-,75,78,79,80)/b26-24-,59-57+,67-65+. The number of nitrogens with one attached hydrogen (secondary N) is 1. The van der Waals surface area contributed by atoms with Gasteiger partial charge >= 0.3 is 0 Å². The van der Waals surface area contributed by atoms with E-state index >= 15 is 0 Å². The van der Waals surface area contributed by atoms with Gasteiger partial charge in [0.2, 0.25) is 5.91 Å². The summed E-state index contributed by atoms with van der Waals surface area (Å²) in [5.74, 6) is -0.199. The Labute approximate surface area is 518 Å². The molecule has 83 heavy (non-hydrogen) atoms. The fourth-order valence-electron chi connectivity index (χ4n) is 11.3. The lowest BCUT2D eigenvalue weighted by atomic mass is 10.0. The van der Waals surface area contributed by atoms with E-state index in [-0.39, 0.29) is 19.1 Å². The zero-order chi connectivity index (χ0) is 60.5. The quantitative estimate of drug-likeness (QED) is 0.0272. The number of rotatable bonds is 69. The Balaban J connectivity index is 3.90. The van der Waals surface area contributed by atoms with Crippen LogP contribution in [0.5, 0.6) is 0 Å². The lowest BCUT2D eigenvalue weighted by Gasteiger charge is -2.29. The molecule has 0 saturated heterocycles. The van der Waals surface area contributed by atoms with Gasteiger partial charge in [-0.05, 0) is 57.8 Å². The summed E-state index contributed by atoms with van der Waals surface area (Å²) >= 11 is 0. The summed E-state index contributed by atoms with van der Waals surface area (Å²) in [6.07, 6.45) is 87.3. The molecular formula is C74H145N2O6P. The van der Waals surface area contributed by atoms with Gasteiger partial charge in [0.15, 0.2) is 0 Å². The van der Waals surface area contributed by atoms with Crippen LogP contribution in [-0.2, 0) is 18.4 Å². The van der Waals surface area contributed by atoms with Crippen LogP contribution in [0.2, 0.25) is 0 Å². The van der Waals surface area contributed by atoms with Crippen molar-refractivity contribution >= 4 is 13.7 Å². The van der Waals surface area contributed by atoms with E-state index in [9.17, 15) is 19.4 Å². The van der Waals surface area contributed by atoms with Crippen molar-refractivity contribution in [1.29, 1.82) is 0 Å². The number of phosphoric ester groups is 1. The fraction of sp³-hybridized carbons (Fsp3) is 0.905. The van der Waals surface area contributed by atoms with Gasteiger partial charge in [-0.2, -0.15) is 0 Å². The highest BCUT2D eigenvalue weighted by Crippen LogP contribution is 2.38.